The molecular formula is C14H29NO. The van der Waals surface area contributed by atoms with Crippen LogP contribution in [0.4, 0.5) is 0 Å². The van der Waals surface area contributed by atoms with Gasteiger partial charge in [0.05, 0.1) is 0 Å². The predicted octanol–water partition coefficient (Wildman–Crippen LogP) is 3.26. The van der Waals surface area contributed by atoms with E-state index >= 15 is 0 Å². The van der Waals surface area contributed by atoms with Crippen LogP contribution in [0.5, 0.6) is 0 Å². The van der Waals surface area contributed by atoms with E-state index in [2.05, 4.69) is 39.9 Å². The van der Waals surface area contributed by atoms with Crippen molar-refractivity contribution in [1.29, 1.82) is 0 Å². The molecule has 1 N–H and O–H groups in total. The van der Waals surface area contributed by atoms with Crippen LogP contribution in [0.1, 0.15) is 54.9 Å². The van der Waals surface area contributed by atoms with E-state index in [4.69, 9.17) is 0 Å². The fourth-order valence-corrected chi connectivity index (χ4v) is 2.59. The lowest BCUT2D eigenvalue weighted by molar-refractivity contribution is -0.131. The molecule has 0 heterocycles. The summed E-state index contributed by atoms with van der Waals surface area (Å²) in [6, 6.07) is 0. The van der Waals surface area contributed by atoms with E-state index in [9.17, 15) is 4.79 Å². The molecule has 16 heavy (non-hydrogen) atoms. The molecule has 0 amide bonds. The highest BCUT2D eigenvalue weighted by Crippen LogP contribution is 2.35. The monoisotopic (exact) mass is 227 g/mol. The summed E-state index contributed by atoms with van der Waals surface area (Å²) in [6.45, 7) is 16.6. The minimum atomic E-state index is -0.215. The van der Waals surface area contributed by atoms with Crippen molar-refractivity contribution in [3.63, 3.8) is 0 Å². The third-order valence-corrected chi connectivity index (χ3v) is 2.97. The molecule has 0 saturated heterocycles. The van der Waals surface area contributed by atoms with E-state index in [0.717, 1.165) is 19.5 Å². The quantitative estimate of drug-likeness (QED) is 0.723. The summed E-state index contributed by atoms with van der Waals surface area (Å²) in [4.78, 5) is 12.1. The summed E-state index contributed by atoms with van der Waals surface area (Å²) < 4.78 is 0. The van der Waals surface area contributed by atoms with E-state index in [1.54, 1.807) is 0 Å². The van der Waals surface area contributed by atoms with Crippen molar-refractivity contribution < 1.29 is 4.79 Å². The Kier molecular flexibility index (Phi) is 5.67. The second kappa shape index (κ2) is 5.81. The van der Waals surface area contributed by atoms with Crippen LogP contribution in [-0.4, -0.2) is 18.9 Å². The molecule has 0 fully saturated rings. The average molecular weight is 227 g/mol. The van der Waals surface area contributed by atoms with Crippen molar-refractivity contribution in [3.05, 3.63) is 0 Å². The average Bonchev–Trinajstić information content (AvgIpc) is 2.11. The Bertz CT molecular complexity index is 229. The molecule has 0 rings (SSSR count). The first-order valence-corrected chi connectivity index (χ1v) is 6.37. The largest absolute Gasteiger partial charge is 0.316 e. The van der Waals surface area contributed by atoms with Gasteiger partial charge in [0.2, 0.25) is 0 Å². The van der Waals surface area contributed by atoms with Crippen molar-refractivity contribution in [2.45, 2.75) is 54.9 Å². The van der Waals surface area contributed by atoms with Gasteiger partial charge in [-0.25, -0.2) is 0 Å². The highest BCUT2D eigenvalue weighted by Gasteiger charge is 2.35. The van der Waals surface area contributed by atoms with E-state index in [0.29, 0.717) is 5.78 Å². The number of nitrogens with one attached hydrogen (secondary N) is 1. The second-order valence-electron chi connectivity index (χ2n) is 6.52. The van der Waals surface area contributed by atoms with Crippen LogP contribution in [0.15, 0.2) is 0 Å². The first kappa shape index (κ1) is 15.6. The van der Waals surface area contributed by atoms with Gasteiger partial charge in [-0.1, -0.05) is 48.5 Å². The van der Waals surface area contributed by atoms with Gasteiger partial charge in [-0.2, -0.15) is 0 Å². The van der Waals surface area contributed by atoms with Crippen LogP contribution >= 0.6 is 0 Å². The van der Waals surface area contributed by atoms with Crippen molar-refractivity contribution >= 4 is 5.78 Å². The van der Waals surface area contributed by atoms with Gasteiger partial charge in [0, 0.05) is 17.9 Å². The van der Waals surface area contributed by atoms with Crippen LogP contribution in [0, 0.1) is 16.7 Å². The highest BCUT2D eigenvalue weighted by molar-refractivity contribution is 5.85. The summed E-state index contributed by atoms with van der Waals surface area (Å²) in [5, 5.41) is 3.37. The second-order valence-corrected chi connectivity index (χ2v) is 6.52. The Morgan fingerprint density at radius 3 is 2.06 bits per heavy atom. The molecule has 0 aliphatic rings. The number of rotatable bonds is 7. The smallest absolute Gasteiger partial charge is 0.141 e. The molecule has 0 aliphatic carbocycles. The molecule has 0 aromatic carbocycles. The van der Waals surface area contributed by atoms with Gasteiger partial charge in [-0.3, -0.25) is 4.79 Å². The predicted molar refractivity (Wildman–Crippen MR) is 70.6 cm³/mol. The van der Waals surface area contributed by atoms with Gasteiger partial charge in [-0.05, 0) is 18.4 Å². The summed E-state index contributed by atoms with van der Waals surface area (Å²) in [6.07, 6.45) is 0.935. The van der Waals surface area contributed by atoms with E-state index < -0.39 is 0 Å². The van der Waals surface area contributed by atoms with Crippen molar-refractivity contribution in [2.75, 3.05) is 13.1 Å². The molecule has 0 unspecified atom stereocenters. The summed E-state index contributed by atoms with van der Waals surface area (Å²) in [7, 11) is 0. The molecule has 0 saturated carbocycles. The standard InChI is InChI=1S/C14H29NO/c1-8-15-10-13(4,5)9-14(6,7)12(16)11(2)3/h11,15H,8-10H2,1-7H3. The highest BCUT2D eigenvalue weighted by atomic mass is 16.1. The number of ketones is 1. The van der Waals surface area contributed by atoms with Crippen LogP contribution in [0.25, 0.3) is 0 Å². The van der Waals surface area contributed by atoms with Gasteiger partial charge < -0.3 is 5.32 Å². The molecule has 0 bridgehead atoms. The van der Waals surface area contributed by atoms with E-state index in [-0.39, 0.29) is 16.7 Å². The number of hydrogen-bond acceptors (Lipinski definition) is 2. The Morgan fingerprint density at radius 2 is 1.69 bits per heavy atom. The number of carbonyl (C=O) groups is 1. The number of carbonyl (C=O) groups excluding carboxylic acids is 1. The fraction of sp³-hybridized carbons (Fsp3) is 0.929. The molecule has 0 aromatic rings. The normalized spacial score (nSPS) is 13.2. The lowest BCUT2D eigenvalue weighted by Crippen LogP contribution is -2.38. The Morgan fingerprint density at radius 1 is 1.19 bits per heavy atom. The maximum atomic E-state index is 12.1. The zero-order valence-electron chi connectivity index (χ0n) is 12.1. The molecule has 2 heteroatoms. The first-order chi connectivity index (χ1) is 7.12. The van der Waals surface area contributed by atoms with Gasteiger partial charge in [-0.15, -0.1) is 0 Å². The Balaban J connectivity index is 4.50. The van der Waals surface area contributed by atoms with Crippen molar-refractivity contribution in [2.24, 2.45) is 16.7 Å². The molecule has 0 aliphatic heterocycles. The van der Waals surface area contributed by atoms with Gasteiger partial charge in [0.15, 0.2) is 0 Å². The van der Waals surface area contributed by atoms with E-state index in [1.165, 1.54) is 0 Å². The fourth-order valence-electron chi connectivity index (χ4n) is 2.59. The van der Waals surface area contributed by atoms with Crippen LogP contribution in [-0.2, 0) is 4.79 Å². The third kappa shape index (κ3) is 5.11. The number of Topliss-reactive ketones (excluding diaryl/α,β-unsaturated/α-hetero) is 1. The van der Waals surface area contributed by atoms with Gasteiger partial charge in [0.25, 0.3) is 0 Å². The van der Waals surface area contributed by atoms with Gasteiger partial charge >= 0.3 is 0 Å². The van der Waals surface area contributed by atoms with Crippen molar-refractivity contribution in [1.82, 2.24) is 5.32 Å². The van der Waals surface area contributed by atoms with Gasteiger partial charge in [0.1, 0.15) is 5.78 Å². The SMILES string of the molecule is CCNCC(C)(C)CC(C)(C)C(=O)C(C)C. The third-order valence-electron chi connectivity index (χ3n) is 2.97. The molecule has 0 atom stereocenters. The topological polar surface area (TPSA) is 29.1 Å². The molecule has 0 radical (unpaired) electrons. The zero-order valence-corrected chi connectivity index (χ0v) is 12.1. The first-order valence-electron chi connectivity index (χ1n) is 6.37. The minimum absolute atomic E-state index is 0.130. The summed E-state index contributed by atoms with van der Waals surface area (Å²) >= 11 is 0. The summed E-state index contributed by atoms with van der Waals surface area (Å²) in [5.41, 5.74) is -0.0445. The van der Waals surface area contributed by atoms with Crippen LogP contribution in [0.2, 0.25) is 0 Å². The van der Waals surface area contributed by atoms with Crippen LogP contribution in [0.3, 0.4) is 0 Å². The molecule has 0 aromatic heterocycles. The molecular weight excluding hydrogens is 198 g/mol. The summed E-state index contributed by atoms with van der Waals surface area (Å²) in [5.74, 6) is 0.502. The lowest BCUT2D eigenvalue weighted by Gasteiger charge is -2.35. The van der Waals surface area contributed by atoms with E-state index in [1.807, 2.05) is 13.8 Å². The molecule has 0 spiro atoms. The Hall–Kier alpha value is -0.370. The van der Waals surface area contributed by atoms with Crippen molar-refractivity contribution in [3.8, 4) is 0 Å². The number of hydrogen-bond donors (Lipinski definition) is 1. The molecule has 2 nitrogen and oxygen atoms in total. The maximum Gasteiger partial charge on any atom is 0.141 e. The zero-order chi connectivity index (χ0) is 13.0. The Labute approximate surface area is 101 Å². The maximum absolute atomic E-state index is 12.1. The van der Waals surface area contributed by atoms with Crippen LogP contribution < -0.4 is 5.32 Å². The minimum Gasteiger partial charge on any atom is -0.316 e. The molecule has 96 valence electrons. The lowest BCUT2D eigenvalue weighted by atomic mass is 9.70.